The molecule has 0 unspecified atom stereocenters. The molecule has 0 aliphatic heterocycles. The van der Waals surface area contributed by atoms with Gasteiger partial charge in [0, 0.05) is 29.2 Å². The first-order valence-corrected chi connectivity index (χ1v) is 8.42. The summed E-state index contributed by atoms with van der Waals surface area (Å²) < 4.78 is 1.89. The molecule has 0 radical (unpaired) electrons. The van der Waals surface area contributed by atoms with Gasteiger partial charge in [0.2, 0.25) is 5.91 Å². The van der Waals surface area contributed by atoms with Crippen LogP contribution in [0.5, 0.6) is 0 Å². The lowest BCUT2D eigenvalue weighted by molar-refractivity contribution is 0.100. The molecule has 9 heteroatoms. The Kier molecular flexibility index (Phi) is 4.36. The van der Waals surface area contributed by atoms with Crippen LogP contribution in [-0.2, 0) is 0 Å². The molecule has 2 aromatic heterocycles. The van der Waals surface area contributed by atoms with Gasteiger partial charge in [-0.25, -0.2) is 26.8 Å². The number of hydrazine groups is 2. The van der Waals surface area contributed by atoms with Gasteiger partial charge in [-0.15, -0.1) is 0 Å². The maximum atomic E-state index is 11.5. The van der Waals surface area contributed by atoms with Crippen LogP contribution in [0.2, 0.25) is 0 Å². The van der Waals surface area contributed by atoms with Gasteiger partial charge in [0.1, 0.15) is 0 Å². The Morgan fingerprint density at radius 3 is 2.68 bits per heavy atom. The zero-order chi connectivity index (χ0) is 19.7. The molecule has 0 saturated carbocycles. The van der Waals surface area contributed by atoms with Crippen molar-refractivity contribution < 1.29 is 4.79 Å². The summed E-state index contributed by atoms with van der Waals surface area (Å²) in [4.78, 5) is 20.3. The highest BCUT2D eigenvalue weighted by Gasteiger charge is 2.12. The third kappa shape index (κ3) is 3.22. The number of nitrogens with one attached hydrogen (secondary N) is 1. The molecule has 28 heavy (non-hydrogen) atoms. The second-order valence-corrected chi connectivity index (χ2v) is 6.14. The van der Waals surface area contributed by atoms with E-state index in [0.29, 0.717) is 22.7 Å². The Labute approximate surface area is 160 Å². The van der Waals surface area contributed by atoms with Crippen molar-refractivity contribution in [3.05, 3.63) is 72.7 Å². The number of carbonyl (C=O) groups is 1. The molecule has 7 N–H and O–H groups in total. The van der Waals surface area contributed by atoms with Crippen LogP contribution in [0.3, 0.4) is 0 Å². The van der Waals surface area contributed by atoms with Gasteiger partial charge in [-0.2, -0.15) is 0 Å². The first-order valence-electron chi connectivity index (χ1n) is 8.42. The van der Waals surface area contributed by atoms with Crippen molar-refractivity contribution in [3.8, 4) is 11.3 Å². The van der Waals surface area contributed by atoms with Crippen LogP contribution in [0.1, 0.15) is 10.4 Å². The summed E-state index contributed by atoms with van der Waals surface area (Å²) in [7, 11) is 0. The summed E-state index contributed by atoms with van der Waals surface area (Å²) in [6.45, 7) is 0. The Hall–Kier alpha value is -3.95. The number of primary amides is 1. The van der Waals surface area contributed by atoms with Gasteiger partial charge >= 0.3 is 0 Å². The van der Waals surface area contributed by atoms with E-state index in [1.807, 2.05) is 22.6 Å². The number of nitrogens with two attached hydrogens (primary N) is 3. The van der Waals surface area contributed by atoms with Gasteiger partial charge in [-0.1, -0.05) is 18.2 Å². The predicted molar refractivity (Wildman–Crippen MR) is 108 cm³/mol. The predicted octanol–water partition coefficient (Wildman–Crippen LogP) is 1.79. The quantitative estimate of drug-likeness (QED) is 0.308. The highest BCUT2D eigenvalue weighted by atomic mass is 16.1. The molecule has 0 spiro atoms. The summed E-state index contributed by atoms with van der Waals surface area (Å²) in [6, 6.07) is 14.4. The maximum Gasteiger partial charge on any atom is 0.248 e. The average Bonchev–Trinajstić information content (AvgIpc) is 3.13. The number of nitrogens with zero attached hydrogens (tertiary/aromatic N) is 4. The molecule has 9 nitrogen and oxygen atoms in total. The molecule has 0 atom stereocenters. The molecule has 0 aliphatic rings. The molecular formula is C19H18N8O. The zero-order valence-electron chi connectivity index (χ0n) is 14.8. The van der Waals surface area contributed by atoms with Crippen LogP contribution < -0.4 is 27.9 Å². The van der Waals surface area contributed by atoms with Crippen molar-refractivity contribution in [1.29, 1.82) is 0 Å². The number of rotatable bonds is 5. The Morgan fingerprint density at radius 2 is 1.89 bits per heavy atom. The van der Waals surface area contributed by atoms with Crippen LogP contribution in [0.15, 0.2) is 67.1 Å². The standard InChI is InChI=1S/C19H18N8O/c20-17(28)13-4-1-3-12(9-13)16-11-24-19-18(23-7-8-26(16)19)25-14-5-2-6-15(10-14)27(21)22/h1-11H,21-22H2,(H2,20,28)(H,23,25). The van der Waals surface area contributed by atoms with E-state index in [4.69, 9.17) is 17.4 Å². The number of carbonyl (C=O) groups excluding carboxylic acids is 1. The van der Waals surface area contributed by atoms with Gasteiger partial charge in [0.15, 0.2) is 11.5 Å². The van der Waals surface area contributed by atoms with Crippen LogP contribution in [0, 0.1) is 0 Å². The molecule has 2 heterocycles. The Morgan fingerprint density at radius 1 is 1.07 bits per heavy atom. The van der Waals surface area contributed by atoms with Crippen molar-refractivity contribution in [1.82, 2.24) is 14.4 Å². The summed E-state index contributed by atoms with van der Waals surface area (Å²) in [6.07, 6.45) is 5.19. The molecule has 4 aromatic rings. The maximum absolute atomic E-state index is 11.5. The van der Waals surface area contributed by atoms with Crippen LogP contribution in [0.4, 0.5) is 17.2 Å². The normalized spacial score (nSPS) is 10.8. The average molecular weight is 374 g/mol. The fourth-order valence-corrected chi connectivity index (χ4v) is 2.93. The minimum atomic E-state index is -0.478. The SMILES string of the molecule is NC(=O)c1cccc(-c2cnc3c(Nc4cccc(N(N)N)c4)nccn23)c1. The molecular weight excluding hydrogens is 356 g/mol. The minimum absolute atomic E-state index is 0.435. The van der Waals surface area contributed by atoms with Crippen molar-refractivity contribution >= 4 is 28.7 Å². The number of fused-ring (bicyclic) bond motifs is 1. The van der Waals surface area contributed by atoms with Gasteiger partial charge < -0.3 is 11.1 Å². The number of anilines is 3. The van der Waals surface area contributed by atoms with Crippen molar-refractivity contribution in [3.63, 3.8) is 0 Å². The number of benzene rings is 2. The summed E-state index contributed by atoms with van der Waals surface area (Å²) >= 11 is 0. The molecule has 0 aliphatic carbocycles. The lowest BCUT2D eigenvalue weighted by Crippen LogP contribution is -2.37. The Bertz CT molecular complexity index is 1170. The summed E-state index contributed by atoms with van der Waals surface area (Å²) in [5.74, 6) is 11.3. The smallest absolute Gasteiger partial charge is 0.248 e. The molecule has 1 amide bonds. The van der Waals surface area contributed by atoms with Crippen LogP contribution in [-0.4, -0.2) is 20.3 Å². The van der Waals surface area contributed by atoms with Gasteiger partial charge in [0.25, 0.3) is 0 Å². The van der Waals surface area contributed by atoms with Crippen LogP contribution >= 0.6 is 0 Å². The van der Waals surface area contributed by atoms with E-state index in [1.165, 1.54) is 0 Å². The lowest BCUT2D eigenvalue weighted by Gasteiger charge is -2.13. The number of aromatic nitrogens is 3. The second-order valence-electron chi connectivity index (χ2n) is 6.14. The fraction of sp³-hybridized carbons (Fsp3) is 0. The number of imidazole rings is 1. The van der Waals surface area contributed by atoms with Gasteiger partial charge in [0.05, 0.1) is 17.6 Å². The van der Waals surface area contributed by atoms with E-state index in [1.54, 1.807) is 48.9 Å². The van der Waals surface area contributed by atoms with Gasteiger partial charge in [-0.3, -0.25) is 9.20 Å². The van der Waals surface area contributed by atoms with E-state index < -0.39 is 5.91 Å². The van der Waals surface area contributed by atoms with E-state index in [9.17, 15) is 4.79 Å². The highest BCUT2D eigenvalue weighted by molar-refractivity contribution is 5.94. The highest BCUT2D eigenvalue weighted by Crippen LogP contribution is 2.26. The lowest BCUT2D eigenvalue weighted by atomic mass is 10.1. The largest absolute Gasteiger partial charge is 0.366 e. The molecule has 0 saturated heterocycles. The van der Waals surface area contributed by atoms with E-state index >= 15 is 0 Å². The third-order valence-corrected chi connectivity index (χ3v) is 4.28. The molecule has 0 fully saturated rings. The minimum Gasteiger partial charge on any atom is -0.366 e. The Balaban J connectivity index is 1.74. The number of hydrogen-bond acceptors (Lipinski definition) is 7. The molecule has 4 rings (SSSR count). The molecule has 0 bridgehead atoms. The number of hydrogen-bond donors (Lipinski definition) is 4. The summed E-state index contributed by atoms with van der Waals surface area (Å²) in [5.41, 5.74) is 9.50. The van der Waals surface area contributed by atoms with Crippen molar-refractivity contribution in [2.75, 3.05) is 10.4 Å². The zero-order valence-corrected chi connectivity index (χ0v) is 14.8. The second kappa shape index (κ2) is 6.99. The topological polar surface area (TPSA) is 141 Å². The first-order chi connectivity index (χ1) is 13.5. The monoisotopic (exact) mass is 374 g/mol. The van der Waals surface area contributed by atoms with Gasteiger partial charge in [-0.05, 0) is 30.3 Å². The van der Waals surface area contributed by atoms with E-state index in [2.05, 4.69) is 15.3 Å². The van der Waals surface area contributed by atoms with E-state index in [0.717, 1.165) is 22.1 Å². The van der Waals surface area contributed by atoms with Crippen molar-refractivity contribution in [2.45, 2.75) is 0 Å². The molecule has 2 aromatic carbocycles. The summed E-state index contributed by atoms with van der Waals surface area (Å²) in [5, 5.41) is 4.27. The number of amides is 1. The van der Waals surface area contributed by atoms with Crippen LogP contribution in [0.25, 0.3) is 16.9 Å². The molecule has 140 valence electrons. The first kappa shape index (κ1) is 17.5. The third-order valence-electron chi connectivity index (χ3n) is 4.28. The van der Waals surface area contributed by atoms with E-state index in [-0.39, 0.29) is 0 Å². The van der Waals surface area contributed by atoms with Crippen molar-refractivity contribution in [2.24, 2.45) is 17.4 Å². The fourth-order valence-electron chi connectivity index (χ4n) is 2.93.